The Morgan fingerprint density at radius 1 is 0.542 bits per heavy atom. The number of nitrogens with one attached hydrogen (secondary N) is 3. The summed E-state index contributed by atoms with van der Waals surface area (Å²) in [5.74, 6) is 0. The van der Waals surface area contributed by atoms with Gasteiger partial charge in [0.1, 0.15) is 18.3 Å². The quantitative estimate of drug-likeness (QED) is 0.732. The van der Waals surface area contributed by atoms with E-state index in [1.54, 1.807) is 0 Å². The molecular formula is C18H27N3O3. The molecule has 6 heteroatoms. The predicted octanol–water partition coefficient (Wildman–Crippen LogP) is 1.83. The van der Waals surface area contributed by atoms with Crippen LogP contribution in [0.5, 0.6) is 0 Å². The van der Waals surface area contributed by atoms with Crippen LogP contribution in [0.25, 0.3) is 0 Å². The summed E-state index contributed by atoms with van der Waals surface area (Å²) in [7, 11) is 0. The normalized spacial score (nSPS) is 42.0. The topological polar surface area (TPSA) is 63.8 Å². The molecule has 0 aromatic carbocycles. The molecule has 0 aromatic rings. The summed E-state index contributed by atoms with van der Waals surface area (Å²) >= 11 is 0. The lowest BCUT2D eigenvalue weighted by molar-refractivity contribution is -0.0343. The molecule has 24 heavy (non-hydrogen) atoms. The van der Waals surface area contributed by atoms with Crippen molar-refractivity contribution in [1.29, 1.82) is 0 Å². The van der Waals surface area contributed by atoms with Crippen molar-refractivity contribution in [3.8, 4) is 0 Å². The Kier molecular flexibility index (Phi) is 5.06. The van der Waals surface area contributed by atoms with Crippen molar-refractivity contribution in [2.24, 2.45) is 0 Å². The van der Waals surface area contributed by atoms with E-state index in [9.17, 15) is 0 Å². The molecule has 0 spiro atoms. The SMILES string of the molecule is C1=CO[C@@H](C2NC([C@H]3CCC=CO3)NC([C@H]3CCC=CO3)N2)CC1. The molecule has 3 N–H and O–H groups in total. The second kappa shape index (κ2) is 7.59. The van der Waals surface area contributed by atoms with Crippen LogP contribution in [0.1, 0.15) is 38.5 Å². The molecule has 0 radical (unpaired) electrons. The monoisotopic (exact) mass is 333 g/mol. The predicted molar refractivity (Wildman–Crippen MR) is 90.5 cm³/mol. The molecule has 3 atom stereocenters. The molecule has 0 saturated carbocycles. The average Bonchev–Trinajstić information content (AvgIpc) is 2.70. The van der Waals surface area contributed by atoms with Crippen LogP contribution in [0, 0.1) is 0 Å². The second-order valence-electron chi connectivity index (χ2n) is 6.80. The zero-order valence-electron chi connectivity index (χ0n) is 13.9. The summed E-state index contributed by atoms with van der Waals surface area (Å²) < 4.78 is 17.5. The molecule has 1 saturated heterocycles. The van der Waals surface area contributed by atoms with Gasteiger partial charge in [-0.2, -0.15) is 0 Å². The molecule has 0 aliphatic carbocycles. The molecule has 0 bridgehead atoms. The molecule has 4 aliphatic heterocycles. The fourth-order valence-electron chi connectivity index (χ4n) is 3.76. The van der Waals surface area contributed by atoms with Crippen molar-refractivity contribution in [2.45, 2.75) is 75.3 Å². The number of hydrogen-bond donors (Lipinski definition) is 3. The third-order valence-corrected chi connectivity index (χ3v) is 5.10. The summed E-state index contributed by atoms with van der Waals surface area (Å²) in [5, 5.41) is 10.9. The maximum atomic E-state index is 5.85. The van der Waals surface area contributed by atoms with Gasteiger partial charge in [0, 0.05) is 0 Å². The molecule has 4 rings (SSSR count). The largest absolute Gasteiger partial charge is 0.495 e. The number of allylic oxidation sites excluding steroid dienone is 3. The Morgan fingerprint density at radius 2 is 0.875 bits per heavy atom. The first-order valence-corrected chi connectivity index (χ1v) is 9.10. The van der Waals surface area contributed by atoms with Crippen molar-refractivity contribution < 1.29 is 14.2 Å². The lowest BCUT2D eigenvalue weighted by Crippen LogP contribution is -2.75. The molecule has 132 valence electrons. The zero-order chi connectivity index (χ0) is 16.2. The van der Waals surface area contributed by atoms with E-state index in [4.69, 9.17) is 14.2 Å². The third-order valence-electron chi connectivity index (χ3n) is 5.10. The van der Waals surface area contributed by atoms with E-state index < -0.39 is 0 Å². The Morgan fingerprint density at radius 3 is 1.12 bits per heavy atom. The second-order valence-corrected chi connectivity index (χ2v) is 6.80. The lowest BCUT2D eigenvalue weighted by Gasteiger charge is -2.46. The maximum Gasteiger partial charge on any atom is 0.127 e. The highest BCUT2D eigenvalue weighted by atomic mass is 16.5. The fraction of sp³-hybridized carbons (Fsp3) is 0.667. The summed E-state index contributed by atoms with van der Waals surface area (Å²) in [5.41, 5.74) is 0. The minimum atomic E-state index is 0.0789. The van der Waals surface area contributed by atoms with Gasteiger partial charge in [0.2, 0.25) is 0 Å². The smallest absolute Gasteiger partial charge is 0.127 e. The van der Waals surface area contributed by atoms with E-state index in [1.165, 1.54) is 0 Å². The van der Waals surface area contributed by atoms with Gasteiger partial charge >= 0.3 is 0 Å². The van der Waals surface area contributed by atoms with E-state index in [0.717, 1.165) is 38.5 Å². The fourth-order valence-corrected chi connectivity index (χ4v) is 3.76. The van der Waals surface area contributed by atoms with E-state index in [2.05, 4.69) is 34.2 Å². The highest BCUT2D eigenvalue weighted by Crippen LogP contribution is 2.22. The first kappa shape index (κ1) is 16.0. The van der Waals surface area contributed by atoms with Gasteiger partial charge in [-0.05, 0) is 56.8 Å². The van der Waals surface area contributed by atoms with Crippen molar-refractivity contribution in [1.82, 2.24) is 16.0 Å². The molecule has 4 aliphatic rings. The summed E-state index contributed by atoms with van der Waals surface area (Å²) in [6, 6.07) is 0. The van der Waals surface area contributed by atoms with Gasteiger partial charge in [-0.1, -0.05) is 0 Å². The van der Waals surface area contributed by atoms with E-state index in [-0.39, 0.29) is 36.8 Å². The minimum Gasteiger partial charge on any atom is -0.495 e. The summed E-state index contributed by atoms with van der Waals surface area (Å²) in [6.07, 6.45) is 18.5. The van der Waals surface area contributed by atoms with Crippen LogP contribution < -0.4 is 16.0 Å². The van der Waals surface area contributed by atoms with Crippen molar-refractivity contribution in [2.75, 3.05) is 0 Å². The molecule has 0 unspecified atom stereocenters. The van der Waals surface area contributed by atoms with Crippen molar-refractivity contribution in [3.63, 3.8) is 0 Å². The summed E-state index contributed by atoms with van der Waals surface area (Å²) in [4.78, 5) is 0. The van der Waals surface area contributed by atoms with Gasteiger partial charge in [-0.25, -0.2) is 0 Å². The first-order chi connectivity index (χ1) is 11.9. The van der Waals surface area contributed by atoms with Crippen LogP contribution in [0.2, 0.25) is 0 Å². The number of rotatable bonds is 3. The Labute approximate surface area is 143 Å². The third kappa shape index (κ3) is 3.61. The molecule has 0 amide bonds. The van der Waals surface area contributed by atoms with Gasteiger partial charge < -0.3 is 14.2 Å². The Bertz CT molecular complexity index is 430. The standard InChI is InChI=1S/C18H27N3O3/c1-4-10-22-13(7-1)16-19-17(14-8-2-5-11-23-14)21-18(20-16)15-9-3-6-12-24-15/h4-6,10-21H,1-3,7-9H2/t13-,14-,15-,16?,17?,18?/m1/s1. The summed E-state index contributed by atoms with van der Waals surface area (Å²) in [6.45, 7) is 0. The molecule has 4 heterocycles. The van der Waals surface area contributed by atoms with Gasteiger partial charge in [-0.3, -0.25) is 16.0 Å². The van der Waals surface area contributed by atoms with Crippen molar-refractivity contribution >= 4 is 0 Å². The highest BCUT2D eigenvalue weighted by molar-refractivity contribution is 4.99. The van der Waals surface area contributed by atoms with E-state index >= 15 is 0 Å². The van der Waals surface area contributed by atoms with Crippen LogP contribution in [0.3, 0.4) is 0 Å². The lowest BCUT2D eigenvalue weighted by atomic mass is 10.0. The minimum absolute atomic E-state index is 0.0789. The van der Waals surface area contributed by atoms with Crippen LogP contribution in [-0.4, -0.2) is 36.8 Å². The molecular weight excluding hydrogens is 306 g/mol. The molecule has 0 aromatic heterocycles. The van der Waals surface area contributed by atoms with Crippen LogP contribution in [0.15, 0.2) is 37.0 Å². The number of ether oxygens (including phenoxy) is 3. The Hall–Kier alpha value is -1.50. The Balaban J connectivity index is 1.47. The molecule has 1 fully saturated rings. The van der Waals surface area contributed by atoms with Crippen LogP contribution in [0.4, 0.5) is 0 Å². The van der Waals surface area contributed by atoms with Crippen LogP contribution in [-0.2, 0) is 14.2 Å². The van der Waals surface area contributed by atoms with Crippen LogP contribution >= 0.6 is 0 Å². The first-order valence-electron chi connectivity index (χ1n) is 9.10. The van der Waals surface area contributed by atoms with Gasteiger partial charge in [0.15, 0.2) is 0 Å². The zero-order valence-corrected chi connectivity index (χ0v) is 13.9. The maximum absolute atomic E-state index is 5.85. The average molecular weight is 333 g/mol. The van der Waals surface area contributed by atoms with E-state index in [0.29, 0.717) is 0 Å². The van der Waals surface area contributed by atoms with Gasteiger partial charge in [0.25, 0.3) is 0 Å². The van der Waals surface area contributed by atoms with E-state index in [1.807, 2.05) is 18.8 Å². The van der Waals surface area contributed by atoms with Crippen molar-refractivity contribution in [3.05, 3.63) is 37.0 Å². The van der Waals surface area contributed by atoms with Gasteiger partial charge in [0.05, 0.1) is 37.3 Å². The number of hydrogen-bond acceptors (Lipinski definition) is 6. The highest BCUT2D eigenvalue weighted by Gasteiger charge is 2.40. The molecule has 6 nitrogen and oxygen atoms in total. The van der Waals surface area contributed by atoms with Gasteiger partial charge in [-0.15, -0.1) is 0 Å².